The van der Waals surface area contributed by atoms with E-state index in [1.165, 1.54) is 12.8 Å². The smallest absolute Gasteiger partial charge is 0.216 e. The van der Waals surface area contributed by atoms with Gasteiger partial charge in [-0.05, 0) is 19.8 Å². The van der Waals surface area contributed by atoms with Crippen molar-refractivity contribution < 1.29 is 4.74 Å². The van der Waals surface area contributed by atoms with Gasteiger partial charge < -0.3 is 4.74 Å². The zero-order valence-electron chi connectivity index (χ0n) is 8.16. The molecule has 0 atom stereocenters. The summed E-state index contributed by atoms with van der Waals surface area (Å²) in [6.07, 6.45) is 2.38. The van der Waals surface area contributed by atoms with Gasteiger partial charge >= 0.3 is 0 Å². The summed E-state index contributed by atoms with van der Waals surface area (Å²) >= 11 is 5.75. The van der Waals surface area contributed by atoms with Crippen LogP contribution in [0.25, 0.3) is 0 Å². The average molecular weight is 213 g/mol. The molecule has 0 aliphatic heterocycles. The Hall–Kier alpha value is -0.830. The highest BCUT2D eigenvalue weighted by Crippen LogP contribution is 2.38. The van der Waals surface area contributed by atoms with Crippen molar-refractivity contribution in [2.45, 2.75) is 31.6 Å². The second-order valence-corrected chi connectivity index (χ2v) is 3.66. The number of hydrogen-bond donors (Lipinski definition) is 0. The summed E-state index contributed by atoms with van der Waals surface area (Å²) in [4.78, 5) is 8.71. The van der Waals surface area contributed by atoms with Crippen LogP contribution in [0.1, 0.15) is 37.2 Å². The van der Waals surface area contributed by atoms with Gasteiger partial charge in [0, 0.05) is 12.0 Å². The summed E-state index contributed by atoms with van der Waals surface area (Å²) in [5.41, 5.74) is 0.854. The molecular weight excluding hydrogens is 200 g/mol. The van der Waals surface area contributed by atoms with Crippen molar-refractivity contribution in [3.05, 3.63) is 17.6 Å². The van der Waals surface area contributed by atoms with Crippen LogP contribution < -0.4 is 4.74 Å². The van der Waals surface area contributed by atoms with E-state index in [1.54, 1.807) is 0 Å². The first kappa shape index (κ1) is 9.71. The van der Waals surface area contributed by atoms with E-state index in [4.69, 9.17) is 16.3 Å². The molecule has 1 fully saturated rings. The zero-order chi connectivity index (χ0) is 9.97. The maximum absolute atomic E-state index is 5.75. The first-order chi connectivity index (χ1) is 6.83. The van der Waals surface area contributed by atoms with Gasteiger partial charge in [-0.15, -0.1) is 11.6 Å². The molecule has 0 saturated heterocycles. The van der Waals surface area contributed by atoms with Crippen LogP contribution in [0.2, 0.25) is 0 Å². The Balaban J connectivity index is 2.26. The second kappa shape index (κ2) is 4.13. The number of rotatable bonds is 4. The largest absolute Gasteiger partial charge is 0.478 e. The first-order valence-corrected chi connectivity index (χ1v) is 5.43. The molecule has 1 aliphatic carbocycles. The van der Waals surface area contributed by atoms with Crippen molar-refractivity contribution in [2.75, 3.05) is 6.61 Å². The van der Waals surface area contributed by atoms with Gasteiger partial charge in [-0.1, -0.05) is 0 Å². The Morgan fingerprint density at radius 1 is 1.50 bits per heavy atom. The van der Waals surface area contributed by atoms with Crippen LogP contribution in [-0.4, -0.2) is 16.6 Å². The van der Waals surface area contributed by atoms with Crippen LogP contribution in [0.15, 0.2) is 6.07 Å². The van der Waals surface area contributed by atoms with Crippen molar-refractivity contribution >= 4 is 11.6 Å². The quantitative estimate of drug-likeness (QED) is 0.720. The van der Waals surface area contributed by atoms with Crippen molar-refractivity contribution in [3.8, 4) is 5.88 Å². The highest BCUT2D eigenvalue weighted by Gasteiger charge is 2.27. The SMILES string of the molecule is CCOc1cc(CCl)nc(C2CC2)n1. The van der Waals surface area contributed by atoms with Crippen LogP contribution in [-0.2, 0) is 5.88 Å². The third-order valence-electron chi connectivity index (χ3n) is 2.14. The minimum Gasteiger partial charge on any atom is -0.478 e. The predicted molar refractivity (Wildman–Crippen MR) is 54.7 cm³/mol. The van der Waals surface area contributed by atoms with E-state index in [9.17, 15) is 0 Å². The standard InChI is InChI=1S/C10H13ClN2O/c1-2-14-9-5-8(6-11)12-10(13-9)7-3-4-7/h5,7H,2-4,6H2,1H3. The van der Waals surface area contributed by atoms with Gasteiger partial charge in [-0.3, -0.25) is 0 Å². The van der Waals surface area contributed by atoms with E-state index < -0.39 is 0 Å². The summed E-state index contributed by atoms with van der Waals surface area (Å²) in [5.74, 6) is 2.51. The molecule has 76 valence electrons. The van der Waals surface area contributed by atoms with Crippen molar-refractivity contribution in [1.82, 2.24) is 9.97 Å². The van der Waals surface area contributed by atoms with Crippen molar-refractivity contribution in [1.29, 1.82) is 0 Å². The molecule has 1 heterocycles. The lowest BCUT2D eigenvalue weighted by Crippen LogP contribution is -2.01. The van der Waals surface area contributed by atoms with E-state index in [1.807, 2.05) is 13.0 Å². The zero-order valence-corrected chi connectivity index (χ0v) is 8.92. The summed E-state index contributed by atoms with van der Waals surface area (Å²) in [7, 11) is 0. The third kappa shape index (κ3) is 2.15. The molecule has 0 amide bonds. The predicted octanol–water partition coefficient (Wildman–Crippen LogP) is 2.49. The van der Waals surface area contributed by atoms with Gasteiger partial charge in [-0.25, -0.2) is 4.98 Å². The number of alkyl halides is 1. The molecule has 2 rings (SSSR count). The van der Waals surface area contributed by atoms with Gasteiger partial charge in [-0.2, -0.15) is 4.98 Å². The molecule has 14 heavy (non-hydrogen) atoms. The molecule has 0 unspecified atom stereocenters. The fourth-order valence-corrected chi connectivity index (χ4v) is 1.44. The molecule has 4 heteroatoms. The van der Waals surface area contributed by atoms with Gasteiger partial charge in [0.15, 0.2) is 0 Å². The lowest BCUT2D eigenvalue weighted by atomic mass is 10.3. The molecule has 1 aromatic heterocycles. The van der Waals surface area contributed by atoms with E-state index in [-0.39, 0.29) is 0 Å². The van der Waals surface area contributed by atoms with Crippen molar-refractivity contribution in [2.24, 2.45) is 0 Å². The van der Waals surface area contributed by atoms with Gasteiger partial charge in [0.25, 0.3) is 0 Å². The lowest BCUT2D eigenvalue weighted by molar-refractivity contribution is 0.324. The topological polar surface area (TPSA) is 35.0 Å². The van der Waals surface area contributed by atoms with E-state index in [0.29, 0.717) is 24.3 Å². The summed E-state index contributed by atoms with van der Waals surface area (Å²) < 4.78 is 5.36. The molecule has 1 aliphatic rings. The van der Waals surface area contributed by atoms with Crippen LogP contribution in [0.4, 0.5) is 0 Å². The molecule has 0 spiro atoms. The lowest BCUT2D eigenvalue weighted by Gasteiger charge is -2.05. The minimum atomic E-state index is 0.419. The molecule has 1 saturated carbocycles. The second-order valence-electron chi connectivity index (χ2n) is 3.40. The fraction of sp³-hybridized carbons (Fsp3) is 0.600. The number of aromatic nitrogens is 2. The Morgan fingerprint density at radius 2 is 2.29 bits per heavy atom. The number of halogens is 1. The summed E-state index contributed by atoms with van der Waals surface area (Å²) in [6, 6.07) is 1.81. The Kier molecular flexibility index (Phi) is 2.87. The molecule has 0 N–H and O–H groups in total. The third-order valence-corrected chi connectivity index (χ3v) is 2.42. The molecular formula is C10H13ClN2O. The maximum atomic E-state index is 5.75. The van der Waals surface area contributed by atoms with Gasteiger partial charge in [0.05, 0.1) is 18.2 Å². The Labute approximate surface area is 88.5 Å². The molecule has 1 aromatic rings. The maximum Gasteiger partial charge on any atom is 0.216 e. The number of hydrogen-bond acceptors (Lipinski definition) is 3. The molecule has 0 aromatic carbocycles. The van der Waals surface area contributed by atoms with E-state index in [2.05, 4.69) is 9.97 Å². The molecule has 3 nitrogen and oxygen atoms in total. The molecule has 0 bridgehead atoms. The Bertz CT molecular complexity index is 326. The Morgan fingerprint density at radius 3 is 2.86 bits per heavy atom. The van der Waals surface area contributed by atoms with Crippen molar-refractivity contribution in [3.63, 3.8) is 0 Å². The van der Waals surface area contributed by atoms with E-state index >= 15 is 0 Å². The summed E-state index contributed by atoms with van der Waals surface area (Å²) in [5, 5.41) is 0. The normalized spacial score (nSPS) is 15.6. The van der Waals surface area contributed by atoms with Crippen LogP contribution in [0.3, 0.4) is 0 Å². The van der Waals surface area contributed by atoms with Crippen LogP contribution >= 0.6 is 11.6 Å². The van der Waals surface area contributed by atoms with Crippen LogP contribution in [0.5, 0.6) is 5.88 Å². The summed E-state index contributed by atoms with van der Waals surface area (Å²) in [6.45, 7) is 2.57. The van der Waals surface area contributed by atoms with Crippen LogP contribution in [0, 0.1) is 0 Å². The monoisotopic (exact) mass is 212 g/mol. The fourth-order valence-electron chi connectivity index (χ4n) is 1.31. The number of nitrogens with zero attached hydrogens (tertiary/aromatic N) is 2. The minimum absolute atomic E-state index is 0.419. The highest BCUT2D eigenvalue weighted by molar-refractivity contribution is 6.16. The molecule has 0 radical (unpaired) electrons. The first-order valence-electron chi connectivity index (χ1n) is 4.90. The number of ether oxygens (including phenoxy) is 1. The van der Waals surface area contributed by atoms with Gasteiger partial charge in [0.2, 0.25) is 5.88 Å². The average Bonchev–Trinajstić information content (AvgIpc) is 3.01. The highest BCUT2D eigenvalue weighted by atomic mass is 35.5. The van der Waals surface area contributed by atoms with E-state index in [0.717, 1.165) is 11.5 Å². The van der Waals surface area contributed by atoms with Gasteiger partial charge in [0.1, 0.15) is 5.82 Å².